The third kappa shape index (κ3) is 3.21. The molecule has 1 aromatic rings. The fourth-order valence-corrected chi connectivity index (χ4v) is 3.37. The predicted octanol–water partition coefficient (Wildman–Crippen LogP) is 2.98. The van der Waals surface area contributed by atoms with Crippen molar-refractivity contribution in [1.29, 1.82) is 0 Å². The first-order chi connectivity index (χ1) is 8.35. The van der Waals surface area contributed by atoms with Gasteiger partial charge in [0.1, 0.15) is 5.75 Å². The molecule has 3 nitrogen and oxygen atoms in total. The highest BCUT2D eigenvalue weighted by Crippen LogP contribution is 2.34. The van der Waals surface area contributed by atoms with E-state index in [0.29, 0.717) is 12.1 Å². The van der Waals surface area contributed by atoms with Crippen LogP contribution in [0.1, 0.15) is 36.6 Å². The second kappa shape index (κ2) is 6.38. The summed E-state index contributed by atoms with van der Waals surface area (Å²) in [6, 6.07) is 2.42. The zero-order valence-corrected chi connectivity index (χ0v) is 11.4. The van der Waals surface area contributed by atoms with E-state index in [1.807, 2.05) is 13.1 Å². The van der Waals surface area contributed by atoms with Crippen molar-refractivity contribution in [1.82, 2.24) is 5.32 Å². The van der Waals surface area contributed by atoms with Gasteiger partial charge in [0, 0.05) is 12.6 Å². The van der Waals surface area contributed by atoms with Gasteiger partial charge in [0.2, 0.25) is 0 Å². The molecule has 0 bridgehead atoms. The number of nitrogens with one attached hydrogen (secondary N) is 1. The number of methoxy groups -OCH3 is 1. The van der Waals surface area contributed by atoms with Crippen molar-refractivity contribution >= 4 is 11.3 Å². The van der Waals surface area contributed by atoms with E-state index in [1.165, 1.54) is 17.7 Å². The Morgan fingerprint density at radius 2 is 2.53 bits per heavy atom. The zero-order valence-electron chi connectivity index (χ0n) is 10.6. The largest absolute Gasteiger partial charge is 0.496 e. The first-order valence-electron chi connectivity index (χ1n) is 6.25. The smallest absolute Gasteiger partial charge is 0.134 e. The highest BCUT2D eigenvalue weighted by molar-refractivity contribution is 7.10. The van der Waals surface area contributed by atoms with Crippen LogP contribution in [0.3, 0.4) is 0 Å². The number of hydrogen-bond donors (Lipinski definition) is 1. The van der Waals surface area contributed by atoms with Crippen LogP contribution in [0, 0.1) is 0 Å². The van der Waals surface area contributed by atoms with Crippen LogP contribution in [0.2, 0.25) is 0 Å². The van der Waals surface area contributed by atoms with Crippen LogP contribution < -0.4 is 10.1 Å². The summed E-state index contributed by atoms with van der Waals surface area (Å²) in [6.45, 7) is 0.942. The third-order valence-electron chi connectivity index (χ3n) is 3.34. The molecular weight excluding hydrogens is 234 g/mol. The van der Waals surface area contributed by atoms with E-state index in [9.17, 15) is 0 Å². The molecule has 0 amide bonds. The number of hydrogen-bond acceptors (Lipinski definition) is 4. The molecule has 0 aromatic carbocycles. The van der Waals surface area contributed by atoms with E-state index < -0.39 is 0 Å². The lowest BCUT2D eigenvalue weighted by atomic mass is 10.0. The number of rotatable bonds is 6. The van der Waals surface area contributed by atoms with Gasteiger partial charge in [-0.2, -0.15) is 0 Å². The predicted molar refractivity (Wildman–Crippen MR) is 70.9 cm³/mol. The molecule has 17 heavy (non-hydrogen) atoms. The van der Waals surface area contributed by atoms with Crippen molar-refractivity contribution < 1.29 is 9.47 Å². The highest BCUT2D eigenvalue weighted by atomic mass is 32.1. The fraction of sp³-hybridized carbons (Fsp3) is 0.692. The van der Waals surface area contributed by atoms with Crippen LogP contribution in [0.15, 0.2) is 11.4 Å². The quantitative estimate of drug-likeness (QED) is 0.847. The maximum absolute atomic E-state index is 5.67. The van der Waals surface area contributed by atoms with Crippen molar-refractivity contribution in [3.8, 4) is 5.75 Å². The molecule has 0 radical (unpaired) electrons. The Balaban J connectivity index is 1.91. The molecule has 1 aromatic heterocycles. The first-order valence-corrected chi connectivity index (χ1v) is 7.13. The second-order valence-corrected chi connectivity index (χ2v) is 5.35. The lowest BCUT2D eigenvalue weighted by Gasteiger charge is -2.18. The van der Waals surface area contributed by atoms with Gasteiger partial charge in [-0.25, -0.2) is 0 Å². The van der Waals surface area contributed by atoms with Gasteiger partial charge in [-0.3, -0.25) is 0 Å². The van der Waals surface area contributed by atoms with E-state index in [1.54, 1.807) is 18.4 Å². The lowest BCUT2D eigenvalue weighted by Crippen LogP contribution is -2.18. The summed E-state index contributed by atoms with van der Waals surface area (Å²) in [4.78, 5) is 1.30. The van der Waals surface area contributed by atoms with Crippen molar-refractivity contribution in [3.05, 3.63) is 16.3 Å². The van der Waals surface area contributed by atoms with Crippen molar-refractivity contribution in [2.24, 2.45) is 0 Å². The summed E-state index contributed by atoms with van der Waals surface area (Å²) in [5, 5.41) is 5.47. The van der Waals surface area contributed by atoms with Gasteiger partial charge >= 0.3 is 0 Å². The minimum Gasteiger partial charge on any atom is -0.496 e. The van der Waals surface area contributed by atoms with Crippen LogP contribution in [0.25, 0.3) is 0 Å². The summed E-state index contributed by atoms with van der Waals surface area (Å²) >= 11 is 1.76. The normalized spacial score (nSPS) is 21.6. The molecule has 0 spiro atoms. The van der Waals surface area contributed by atoms with E-state index in [-0.39, 0.29) is 0 Å². The van der Waals surface area contributed by atoms with Gasteiger partial charge in [0.15, 0.2) is 0 Å². The van der Waals surface area contributed by atoms with Gasteiger partial charge in [0.25, 0.3) is 0 Å². The molecule has 2 heterocycles. The first kappa shape index (κ1) is 12.9. The molecule has 96 valence electrons. The van der Waals surface area contributed by atoms with Gasteiger partial charge in [0.05, 0.1) is 18.1 Å². The van der Waals surface area contributed by atoms with Crippen LogP contribution >= 0.6 is 11.3 Å². The molecular formula is C13H21NO2S. The average molecular weight is 255 g/mol. The molecule has 2 rings (SSSR count). The van der Waals surface area contributed by atoms with Crippen LogP contribution in [-0.4, -0.2) is 26.9 Å². The summed E-state index contributed by atoms with van der Waals surface area (Å²) in [5.41, 5.74) is 0. The molecule has 1 fully saturated rings. The number of thiophene rings is 1. The molecule has 1 aliphatic heterocycles. The van der Waals surface area contributed by atoms with E-state index >= 15 is 0 Å². The molecule has 1 saturated heterocycles. The van der Waals surface area contributed by atoms with Crippen molar-refractivity contribution in [2.75, 3.05) is 20.8 Å². The zero-order chi connectivity index (χ0) is 12.1. The monoisotopic (exact) mass is 255 g/mol. The Hall–Kier alpha value is -0.580. The van der Waals surface area contributed by atoms with Gasteiger partial charge in [-0.05, 0) is 44.2 Å². The summed E-state index contributed by atoms with van der Waals surface area (Å²) in [5.74, 6) is 1.00. The minimum atomic E-state index is 0.383. The minimum absolute atomic E-state index is 0.383. The Morgan fingerprint density at radius 1 is 1.65 bits per heavy atom. The van der Waals surface area contributed by atoms with Crippen molar-refractivity contribution in [3.63, 3.8) is 0 Å². The molecule has 0 aliphatic carbocycles. The maximum atomic E-state index is 5.67. The number of ether oxygens (including phenoxy) is 2. The topological polar surface area (TPSA) is 30.5 Å². The molecule has 0 saturated carbocycles. The van der Waals surface area contributed by atoms with Gasteiger partial charge in [-0.15, -0.1) is 11.3 Å². The molecule has 4 heteroatoms. The van der Waals surface area contributed by atoms with E-state index in [4.69, 9.17) is 9.47 Å². The van der Waals surface area contributed by atoms with Crippen LogP contribution in [0.5, 0.6) is 5.75 Å². The van der Waals surface area contributed by atoms with E-state index in [2.05, 4.69) is 10.7 Å². The molecule has 2 unspecified atom stereocenters. The molecule has 1 N–H and O–H groups in total. The highest BCUT2D eigenvalue weighted by Gasteiger charge is 2.20. The van der Waals surface area contributed by atoms with Gasteiger partial charge < -0.3 is 14.8 Å². The molecule has 2 atom stereocenters. The maximum Gasteiger partial charge on any atom is 0.134 e. The summed E-state index contributed by atoms with van der Waals surface area (Å²) < 4.78 is 11.0. The fourth-order valence-electron chi connectivity index (χ4n) is 2.36. The summed E-state index contributed by atoms with van der Waals surface area (Å²) in [7, 11) is 3.75. The SMILES string of the molecule is CNC(CCC1CCCO1)c1sccc1OC. The van der Waals surface area contributed by atoms with Gasteiger partial charge in [-0.1, -0.05) is 0 Å². The Kier molecular flexibility index (Phi) is 4.83. The average Bonchev–Trinajstić information content (AvgIpc) is 3.00. The van der Waals surface area contributed by atoms with E-state index in [0.717, 1.165) is 25.2 Å². The second-order valence-electron chi connectivity index (χ2n) is 4.41. The third-order valence-corrected chi connectivity index (χ3v) is 4.36. The Morgan fingerprint density at radius 3 is 3.18 bits per heavy atom. The van der Waals surface area contributed by atoms with Crippen LogP contribution in [0.4, 0.5) is 0 Å². The standard InChI is InChI=1S/C13H21NO2S/c1-14-11(6-5-10-4-3-8-16-10)13-12(15-2)7-9-17-13/h7,9-11,14H,3-6,8H2,1-2H3. The molecule has 1 aliphatic rings. The Labute approximate surface area is 107 Å². The van der Waals surface area contributed by atoms with Crippen LogP contribution in [-0.2, 0) is 4.74 Å². The Bertz CT molecular complexity index is 334. The summed E-state index contributed by atoms with van der Waals surface area (Å²) in [6.07, 6.45) is 5.15. The lowest BCUT2D eigenvalue weighted by molar-refractivity contribution is 0.0998. The van der Waals surface area contributed by atoms with Crippen molar-refractivity contribution in [2.45, 2.75) is 37.8 Å².